The Balaban J connectivity index is 0. The number of methoxy groups -OCH3 is 1. The summed E-state index contributed by atoms with van der Waals surface area (Å²) >= 11 is 0. The summed E-state index contributed by atoms with van der Waals surface area (Å²) in [7, 11) is 3.45. The van der Waals surface area contributed by atoms with Crippen molar-refractivity contribution >= 4 is 6.21 Å². The number of rotatable bonds is 4. The second-order valence-electron chi connectivity index (χ2n) is 2.01. The van der Waals surface area contributed by atoms with Crippen LogP contribution < -0.4 is 0 Å². The summed E-state index contributed by atoms with van der Waals surface area (Å²) in [5, 5.41) is 0. The quantitative estimate of drug-likeness (QED) is 0.596. The van der Waals surface area contributed by atoms with Gasteiger partial charge in [-0.05, 0) is 12.0 Å². The van der Waals surface area contributed by atoms with E-state index in [0.717, 1.165) is 12.0 Å². The van der Waals surface area contributed by atoms with Crippen molar-refractivity contribution in [2.24, 2.45) is 4.99 Å². The molecule has 0 saturated carbocycles. The molecule has 0 amide bonds. The van der Waals surface area contributed by atoms with Crippen molar-refractivity contribution in [3.8, 4) is 0 Å². The van der Waals surface area contributed by atoms with E-state index in [1.54, 1.807) is 14.2 Å². The highest BCUT2D eigenvalue weighted by atomic mass is 16.5. The third-order valence-electron chi connectivity index (χ3n) is 1.07. The summed E-state index contributed by atoms with van der Waals surface area (Å²) in [6, 6.07) is 0. The predicted molar refractivity (Wildman–Crippen MR) is 56.0 cm³/mol. The van der Waals surface area contributed by atoms with Crippen molar-refractivity contribution in [3.63, 3.8) is 0 Å². The Morgan fingerprint density at radius 1 is 1.42 bits per heavy atom. The summed E-state index contributed by atoms with van der Waals surface area (Å²) in [5.41, 5.74) is 1.15. The van der Waals surface area contributed by atoms with Crippen molar-refractivity contribution in [1.29, 1.82) is 0 Å². The van der Waals surface area contributed by atoms with E-state index in [1.165, 1.54) is 0 Å². The Hall–Kier alpha value is -0.630. The van der Waals surface area contributed by atoms with Gasteiger partial charge in [0.2, 0.25) is 0 Å². The zero-order valence-electron chi connectivity index (χ0n) is 8.92. The van der Waals surface area contributed by atoms with Gasteiger partial charge in [0.25, 0.3) is 0 Å². The Bertz CT molecular complexity index is 128. The van der Waals surface area contributed by atoms with Crippen LogP contribution in [0.2, 0.25) is 0 Å². The summed E-state index contributed by atoms with van der Waals surface area (Å²) in [5.74, 6) is 0. The molecule has 0 fully saturated rings. The second-order valence-corrected chi connectivity index (χ2v) is 2.01. The molecule has 0 spiro atoms. The minimum atomic E-state index is 0.658. The third-order valence-corrected chi connectivity index (χ3v) is 1.07. The Labute approximate surface area is 76.3 Å². The highest BCUT2D eigenvalue weighted by Crippen LogP contribution is 1.93. The summed E-state index contributed by atoms with van der Waals surface area (Å²) in [6.45, 7) is 6.75. The van der Waals surface area contributed by atoms with Crippen LogP contribution in [0.25, 0.3) is 0 Å². The predicted octanol–water partition coefficient (Wildman–Crippen LogP) is 2.70. The van der Waals surface area contributed by atoms with Crippen LogP contribution in [-0.2, 0) is 4.74 Å². The number of aliphatic imine (C=N–C) groups is 1. The molecule has 0 rings (SSSR count). The van der Waals surface area contributed by atoms with Crippen LogP contribution >= 0.6 is 0 Å². The Kier molecular flexibility index (Phi) is 15.1. The average molecular weight is 171 g/mol. The van der Waals surface area contributed by atoms with Gasteiger partial charge in [-0.25, -0.2) is 0 Å². The highest BCUT2D eigenvalue weighted by molar-refractivity contribution is 5.78. The molecule has 0 aromatic heterocycles. The largest absolute Gasteiger partial charge is 0.380 e. The molecule has 0 unspecified atom stereocenters. The zero-order chi connectivity index (χ0) is 9.82. The van der Waals surface area contributed by atoms with Gasteiger partial charge in [-0.1, -0.05) is 26.8 Å². The van der Waals surface area contributed by atoms with Crippen molar-refractivity contribution in [2.75, 3.05) is 20.8 Å². The molecule has 0 aromatic carbocycles. The molecule has 0 heterocycles. The summed E-state index contributed by atoms with van der Waals surface area (Å²) in [4.78, 5) is 3.90. The second kappa shape index (κ2) is 13.0. The van der Waals surface area contributed by atoms with Gasteiger partial charge in [-0.2, -0.15) is 0 Å². The van der Waals surface area contributed by atoms with E-state index in [4.69, 9.17) is 4.74 Å². The van der Waals surface area contributed by atoms with Crippen molar-refractivity contribution in [1.82, 2.24) is 0 Å². The van der Waals surface area contributed by atoms with Crippen LogP contribution in [0.4, 0.5) is 0 Å². The maximum absolute atomic E-state index is 4.95. The average Bonchev–Trinajstić information content (AvgIpc) is 2.10. The molecule has 0 aliphatic heterocycles. The molecule has 2 nitrogen and oxygen atoms in total. The van der Waals surface area contributed by atoms with Gasteiger partial charge in [0.1, 0.15) is 0 Å². The molecule has 0 aliphatic rings. The van der Waals surface area contributed by atoms with E-state index in [1.807, 2.05) is 20.1 Å². The topological polar surface area (TPSA) is 21.6 Å². The lowest BCUT2D eigenvalue weighted by Crippen LogP contribution is -1.95. The SMILES string of the molecule is CC.CC/C=C(\C=NC)COC. The van der Waals surface area contributed by atoms with Crippen LogP contribution in [0, 0.1) is 0 Å². The highest BCUT2D eigenvalue weighted by Gasteiger charge is 1.88. The van der Waals surface area contributed by atoms with E-state index >= 15 is 0 Å². The van der Waals surface area contributed by atoms with Gasteiger partial charge in [-0.3, -0.25) is 4.99 Å². The van der Waals surface area contributed by atoms with E-state index < -0.39 is 0 Å². The minimum absolute atomic E-state index is 0.658. The number of hydrogen-bond donors (Lipinski definition) is 0. The van der Waals surface area contributed by atoms with Gasteiger partial charge in [0.15, 0.2) is 0 Å². The summed E-state index contributed by atoms with van der Waals surface area (Å²) in [6.07, 6.45) is 4.97. The summed E-state index contributed by atoms with van der Waals surface area (Å²) < 4.78 is 4.95. The number of ether oxygens (including phenoxy) is 1. The van der Waals surface area contributed by atoms with Gasteiger partial charge in [0.05, 0.1) is 6.61 Å². The lowest BCUT2D eigenvalue weighted by Gasteiger charge is -1.97. The minimum Gasteiger partial charge on any atom is -0.380 e. The standard InChI is InChI=1S/C8H15NO.C2H6/c1-4-5-8(6-9-2)7-10-3;1-2/h5-6H,4,7H2,1-3H3;1-2H3/b8-5+,9-6?;. The monoisotopic (exact) mass is 171 g/mol. The van der Waals surface area contributed by atoms with Crippen LogP contribution in [0.3, 0.4) is 0 Å². The number of nitrogens with zero attached hydrogens (tertiary/aromatic N) is 1. The molecule has 0 aliphatic carbocycles. The molecule has 12 heavy (non-hydrogen) atoms. The van der Waals surface area contributed by atoms with E-state index in [0.29, 0.717) is 6.61 Å². The smallest absolute Gasteiger partial charge is 0.0724 e. The van der Waals surface area contributed by atoms with Gasteiger partial charge < -0.3 is 4.74 Å². The first-order chi connectivity index (χ1) is 5.85. The van der Waals surface area contributed by atoms with Crippen molar-refractivity contribution in [3.05, 3.63) is 11.6 Å². The molecule has 0 atom stereocenters. The van der Waals surface area contributed by atoms with E-state index in [2.05, 4.69) is 18.0 Å². The molecule has 0 radical (unpaired) electrons. The molecule has 0 bridgehead atoms. The fourth-order valence-electron chi connectivity index (χ4n) is 0.744. The van der Waals surface area contributed by atoms with Crippen LogP contribution in [0.15, 0.2) is 16.6 Å². The van der Waals surface area contributed by atoms with Crippen molar-refractivity contribution < 1.29 is 4.74 Å². The lowest BCUT2D eigenvalue weighted by molar-refractivity contribution is 0.230. The first kappa shape index (κ1) is 13.9. The van der Waals surface area contributed by atoms with Gasteiger partial charge in [0, 0.05) is 20.4 Å². The van der Waals surface area contributed by atoms with Crippen LogP contribution in [0.5, 0.6) is 0 Å². The Morgan fingerprint density at radius 2 is 2.00 bits per heavy atom. The normalized spacial score (nSPS) is 11.2. The van der Waals surface area contributed by atoms with Gasteiger partial charge in [-0.15, -0.1) is 0 Å². The zero-order valence-corrected chi connectivity index (χ0v) is 8.92. The van der Waals surface area contributed by atoms with Crippen LogP contribution in [-0.4, -0.2) is 27.0 Å². The van der Waals surface area contributed by atoms with Crippen molar-refractivity contribution in [2.45, 2.75) is 27.2 Å². The number of hydrogen-bond acceptors (Lipinski definition) is 2. The maximum Gasteiger partial charge on any atom is 0.0724 e. The lowest BCUT2D eigenvalue weighted by atomic mass is 10.2. The number of allylic oxidation sites excluding steroid dienone is 1. The van der Waals surface area contributed by atoms with Gasteiger partial charge >= 0.3 is 0 Å². The fourth-order valence-corrected chi connectivity index (χ4v) is 0.744. The molecule has 2 heteroatoms. The first-order valence-electron chi connectivity index (χ1n) is 4.45. The molecule has 0 N–H and O–H groups in total. The van der Waals surface area contributed by atoms with Crippen LogP contribution in [0.1, 0.15) is 27.2 Å². The van der Waals surface area contributed by atoms with E-state index in [-0.39, 0.29) is 0 Å². The third kappa shape index (κ3) is 9.37. The Morgan fingerprint density at radius 3 is 2.33 bits per heavy atom. The van der Waals surface area contributed by atoms with E-state index in [9.17, 15) is 0 Å². The molecular formula is C10H21NO. The molecular weight excluding hydrogens is 150 g/mol. The fraction of sp³-hybridized carbons (Fsp3) is 0.700. The molecule has 72 valence electrons. The first-order valence-corrected chi connectivity index (χ1v) is 4.45. The molecule has 0 aromatic rings. The maximum atomic E-state index is 4.95. The molecule has 0 saturated heterocycles.